The monoisotopic (exact) mass is 453 g/mol. The van der Waals surface area contributed by atoms with E-state index < -0.39 is 0 Å². The molecule has 1 aliphatic heterocycles. The van der Waals surface area contributed by atoms with Gasteiger partial charge >= 0.3 is 0 Å². The van der Waals surface area contributed by atoms with Gasteiger partial charge in [0.1, 0.15) is 0 Å². The van der Waals surface area contributed by atoms with E-state index in [4.69, 9.17) is 10.5 Å². The second kappa shape index (κ2) is 12.7. The van der Waals surface area contributed by atoms with Crippen LogP contribution in [-0.4, -0.2) is 70.3 Å². The lowest BCUT2D eigenvalue weighted by molar-refractivity contribution is 0.173. The van der Waals surface area contributed by atoms with E-state index in [-0.39, 0.29) is 5.75 Å². The highest BCUT2D eigenvalue weighted by Crippen LogP contribution is 2.32. The molecule has 0 unspecified atom stereocenters. The summed E-state index contributed by atoms with van der Waals surface area (Å²) < 4.78 is 7.50. The zero-order valence-electron chi connectivity index (χ0n) is 19.4. The predicted molar refractivity (Wildman–Crippen MR) is 131 cm³/mol. The molecule has 0 radical (unpaired) electrons. The smallest absolute Gasteiger partial charge is 0.195 e. The Morgan fingerprint density at radius 3 is 2.85 bits per heavy atom. The summed E-state index contributed by atoms with van der Waals surface area (Å²) in [6, 6.07) is 3.95. The normalized spacial score (nSPS) is 15.3. The number of benzene rings is 1. The fourth-order valence-electron chi connectivity index (χ4n) is 3.78. The number of allylic oxidation sites excluding steroid dienone is 2. The Hall–Kier alpha value is -3.30. The fourth-order valence-corrected chi connectivity index (χ4v) is 3.78. The Kier molecular flexibility index (Phi) is 9.34. The standard InChI is InChI=1S/C24H35N7O2/c1-3-4-7-28-24(25)31-13-11-29(12-14-31)18-21-15-20(16-22(33-2)23(21)32)17-26-6-5-9-30-10-8-27-19-30/h3-4,7-8,10,15-16,19,26,32H,1,5-6,9,11-14,17-18H2,2H3,(H2,25,28)/b7-4-. The first-order valence-electron chi connectivity index (χ1n) is 11.2. The van der Waals surface area contributed by atoms with Crippen molar-refractivity contribution in [3.63, 3.8) is 0 Å². The average Bonchev–Trinajstić information content (AvgIpc) is 3.35. The summed E-state index contributed by atoms with van der Waals surface area (Å²) in [6.45, 7) is 10.1. The van der Waals surface area contributed by atoms with Crippen molar-refractivity contribution >= 4 is 5.96 Å². The second-order valence-corrected chi connectivity index (χ2v) is 7.96. The summed E-state index contributed by atoms with van der Waals surface area (Å²) in [5, 5.41) is 14.1. The number of aryl methyl sites for hydroxylation is 1. The Morgan fingerprint density at radius 1 is 1.33 bits per heavy atom. The second-order valence-electron chi connectivity index (χ2n) is 7.96. The molecule has 0 bridgehead atoms. The quantitative estimate of drug-likeness (QED) is 0.207. The number of nitrogens with one attached hydrogen (secondary N) is 1. The summed E-state index contributed by atoms with van der Waals surface area (Å²) in [4.78, 5) is 12.7. The van der Waals surface area contributed by atoms with Gasteiger partial charge in [0.25, 0.3) is 0 Å². The molecule has 2 aromatic rings. The number of methoxy groups -OCH3 is 1. The summed E-state index contributed by atoms with van der Waals surface area (Å²) in [6.07, 6.45) is 11.7. The first-order valence-corrected chi connectivity index (χ1v) is 11.2. The van der Waals surface area contributed by atoms with Crippen LogP contribution in [-0.2, 0) is 19.6 Å². The van der Waals surface area contributed by atoms with Crippen molar-refractivity contribution in [3.8, 4) is 11.5 Å². The van der Waals surface area contributed by atoms with Crippen LogP contribution in [0.1, 0.15) is 17.5 Å². The van der Waals surface area contributed by atoms with Gasteiger partial charge < -0.3 is 30.4 Å². The minimum absolute atomic E-state index is 0.208. The van der Waals surface area contributed by atoms with Crippen molar-refractivity contribution in [2.45, 2.75) is 26.1 Å². The highest BCUT2D eigenvalue weighted by atomic mass is 16.5. The van der Waals surface area contributed by atoms with Crippen LogP contribution in [0.15, 0.2) is 60.8 Å². The van der Waals surface area contributed by atoms with Crippen molar-refractivity contribution in [1.82, 2.24) is 24.7 Å². The number of aromatic nitrogens is 2. The third kappa shape index (κ3) is 7.37. The Morgan fingerprint density at radius 2 is 2.15 bits per heavy atom. The molecule has 178 valence electrons. The van der Waals surface area contributed by atoms with Crippen LogP contribution in [0.3, 0.4) is 0 Å². The van der Waals surface area contributed by atoms with Gasteiger partial charge in [-0.3, -0.25) is 4.90 Å². The van der Waals surface area contributed by atoms with Crippen molar-refractivity contribution < 1.29 is 9.84 Å². The number of aromatic hydroxyl groups is 1. The number of imidazole rings is 1. The van der Waals surface area contributed by atoms with Crippen LogP contribution in [0.5, 0.6) is 11.5 Å². The number of piperazine rings is 1. The van der Waals surface area contributed by atoms with Crippen molar-refractivity contribution in [2.75, 3.05) is 39.8 Å². The van der Waals surface area contributed by atoms with E-state index in [9.17, 15) is 5.11 Å². The number of hydrogen-bond donors (Lipinski definition) is 3. The fraction of sp³-hybridized carbons (Fsp3) is 0.417. The lowest BCUT2D eigenvalue weighted by Gasteiger charge is -2.35. The van der Waals surface area contributed by atoms with Gasteiger partial charge in [-0.1, -0.05) is 12.7 Å². The Labute approximate surface area is 195 Å². The maximum atomic E-state index is 10.7. The van der Waals surface area contributed by atoms with Crippen LogP contribution >= 0.6 is 0 Å². The van der Waals surface area contributed by atoms with Gasteiger partial charge in [-0.2, -0.15) is 0 Å². The van der Waals surface area contributed by atoms with Crippen LogP contribution in [0, 0.1) is 0 Å². The zero-order chi connectivity index (χ0) is 23.5. The molecule has 2 heterocycles. The maximum absolute atomic E-state index is 10.7. The average molecular weight is 454 g/mol. The molecule has 4 N–H and O–H groups in total. The predicted octanol–water partition coefficient (Wildman–Crippen LogP) is 1.91. The Balaban J connectivity index is 1.52. The molecular weight excluding hydrogens is 418 g/mol. The van der Waals surface area contributed by atoms with Gasteiger partial charge in [-0.05, 0) is 36.7 Å². The van der Waals surface area contributed by atoms with Gasteiger partial charge in [0.05, 0.1) is 13.4 Å². The molecule has 1 saturated heterocycles. The molecule has 1 aromatic heterocycles. The molecule has 3 rings (SSSR count). The number of phenols is 1. The number of guanidine groups is 1. The molecule has 9 heteroatoms. The van der Waals surface area contributed by atoms with E-state index in [0.29, 0.717) is 24.8 Å². The molecule has 0 saturated carbocycles. The maximum Gasteiger partial charge on any atom is 0.195 e. The van der Waals surface area contributed by atoms with E-state index in [2.05, 4.69) is 42.3 Å². The first kappa shape index (κ1) is 24.3. The number of rotatable bonds is 11. The molecule has 0 aliphatic carbocycles. The zero-order valence-corrected chi connectivity index (χ0v) is 19.4. The van der Waals surface area contributed by atoms with Gasteiger partial charge in [0.15, 0.2) is 17.5 Å². The highest BCUT2D eigenvalue weighted by Gasteiger charge is 2.20. The number of nitrogens with two attached hydrogens (primary N) is 1. The van der Waals surface area contributed by atoms with E-state index in [1.807, 2.05) is 18.6 Å². The summed E-state index contributed by atoms with van der Waals surface area (Å²) >= 11 is 0. The highest BCUT2D eigenvalue weighted by molar-refractivity contribution is 5.78. The van der Waals surface area contributed by atoms with Crippen LogP contribution in [0.2, 0.25) is 0 Å². The first-order chi connectivity index (χ1) is 16.1. The lowest BCUT2D eigenvalue weighted by atomic mass is 10.1. The number of aliphatic imine (C=N–C) groups is 1. The molecule has 9 nitrogen and oxygen atoms in total. The molecule has 33 heavy (non-hydrogen) atoms. The van der Waals surface area contributed by atoms with E-state index in [0.717, 1.165) is 56.8 Å². The van der Waals surface area contributed by atoms with Gasteiger partial charge in [-0.25, -0.2) is 9.98 Å². The van der Waals surface area contributed by atoms with Crippen LogP contribution < -0.4 is 15.8 Å². The largest absolute Gasteiger partial charge is 0.504 e. The van der Waals surface area contributed by atoms with Crippen LogP contribution in [0.4, 0.5) is 0 Å². The topological polar surface area (TPSA) is 104 Å². The molecule has 1 aliphatic rings. The third-order valence-corrected chi connectivity index (χ3v) is 5.61. The number of hydrogen-bond acceptors (Lipinski definition) is 6. The van der Waals surface area contributed by atoms with Gasteiger partial charge in [0.2, 0.25) is 0 Å². The Bertz CT molecular complexity index is 933. The van der Waals surface area contributed by atoms with E-state index in [1.54, 1.807) is 31.7 Å². The summed E-state index contributed by atoms with van der Waals surface area (Å²) in [5.41, 5.74) is 8.03. The number of ether oxygens (including phenoxy) is 1. The van der Waals surface area contributed by atoms with Crippen molar-refractivity contribution in [3.05, 3.63) is 66.9 Å². The van der Waals surface area contributed by atoms with Gasteiger partial charge in [-0.15, -0.1) is 0 Å². The van der Waals surface area contributed by atoms with Crippen molar-refractivity contribution in [1.29, 1.82) is 0 Å². The molecule has 1 aromatic carbocycles. The van der Waals surface area contributed by atoms with E-state index in [1.165, 1.54) is 0 Å². The summed E-state index contributed by atoms with van der Waals surface area (Å²) in [5.74, 6) is 1.23. The molecule has 0 atom stereocenters. The minimum atomic E-state index is 0.208. The molecule has 0 spiro atoms. The molecule has 1 fully saturated rings. The molecular formula is C24H35N7O2. The van der Waals surface area contributed by atoms with E-state index >= 15 is 0 Å². The van der Waals surface area contributed by atoms with Gasteiger partial charge in [0, 0.05) is 70.0 Å². The minimum Gasteiger partial charge on any atom is -0.504 e. The third-order valence-electron chi connectivity index (χ3n) is 5.61. The number of phenolic OH excluding ortho intramolecular Hbond substituents is 1. The summed E-state index contributed by atoms with van der Waals surface area (Å²) in [7, 11) is 1.59. The SMILES string of the molecule is C=C/C=C\N=C(/N)N1CCN(Cc2cc(CNCCCn3ccnc3)cc(OC)c2O)CC1. The molecule has 0 amide bonds. The van der Waals surface area contributed by atoms with Crippen molar-refractivity contribution in [2.24, 2.45) is 10.7 Å². The number of nitrogens with zero attached hydrogens (tertiary/aromatic N) is 5. The lowest BCUT2D eigenvalue weighted by Crippen LogP contribution is -2.50. The van der Waals surface area contributed by atoms with Crippen LogP contribution in [0.25, 0.3) is 0 Å².